The third-order valence-electron chi connectivity index (χ3n) is 4.79. The first-order valence-electron chi connectivity index (χ1n) is 11.5. The summed E-state index contributed by atoms with van der Waals surface area (Å²) in [6, 6.07) is 0. The Balaban J connectivity index is 3.13. The minimum absolute atomic E-state index is 0.264. The second-order valence-corrected chi connectivity index (χ2v) is 7.49. The van der Waals surface area contributed by atoms with Crippen LogP contribution < -0.4 is 10.6 Å². The zero-order chi connectivity index (χ0) is 19.8. The number of rotatable bonds is 21. The molecule has 1 amide bonds. The van der Waals surface area contributed by atoms with Gasteiger partial charge >= 0.3 is 6.09 Å². The predicted octanol–water partition coefficient (Wildman–Crippen LogP) is 5.17. The lowest BCUT2D eigenvalue weighted by molar-refractivity contribution is 0.143. The van der Waals surface area contributed by atoms with E-state index >= 15 is 0 Å². The van der Waals surface area contributed by atoms with Gasteiger partial charge in [0.25, 0.3) is 0 Å². The minimum Gasteiger partial charge on any atom is -0.450 e. The molecule has 0 aromatic rings. The summed E-state index contributed by atoms with van der Waals surface area (Å²) in [5, 5.41) is 14.9. The van der Waals surface area contributed by atoms with Crippen LogP contribution in [0.1, 0.15) is 103 Å². The number of amides is 1. The van der Waals surface area contributed by atoms with Crippen molar-refractivity contribution in [1.29, 1.82) is 0 Å². The standard InChI is InChI=1S/C22H46N2O3/c1-2-3-4-5-6-7-8-11-16-21-27-22(26)24-19-13-10-9-12-17-23-18-14-15-20-25/h23,25H,2-21H2,1H3,(H,24,26). The number of carbonyl (C=O) groups is 1. The SMILES string of the molecule is CCCCCCCCCCCOC(=O)NCCCCCCNCCCCO. The smallest absolute Gasteiger partial charge is 0.407 e. The third kappa shape index (κ3) is 23.2. The fraction of sp³-hybridized carbons (Fsp3) is 0.955. The maximum atomic E-state index is 11.6. The van der Waals surface area contributed by atoms with Crippen molar-refractivity contribution in [1.82, 2.24) is 10.6 Å². The summed E-state index contributed by atoms with van der Waals surface area (Å²) in [7, 11) is 0. The average molecular weight is 387 g/mol. The molecule has 162 valence electrons. The first-order valence-corrected chi connectivity index (χ1v) is 11.5. The molecular formula is C22H46N2O3. The lowest BCUT2D eigenvalue weighted by atomic mass is 10.1. The Morgan fingerprint density at radius 1 is 0.704 bits per heavy atom. The van der Waals surface area contributed by atoms with E-state index in [1.807, 2.05) is 0 Å². The van der Waals surface area contributed by atoms with Crippen LogP contribution in [0.2, 0.25) is 0 Å². The lowest BCUT2D eigenvalue weighted by Gasteiger charge is -2.07. The van der Waals surface area contributed by atoms with Crippen molar-refractivity contribution in [2.75, 3.05) is 32.8 Å². The normalized spacial score (nSPS) is 10.9. The van der Waals surface area contributed by atoms with Gasteiger partial charge in [0.2, 0.25) is 0 Å². The molecular weight excluding hydrogens is 340 g/mol. The Morgan fingerprint density at radius 3 is 1.85 bits per heavy atom. The fourth-order valence-electron chi connectivity index (χ4n) is 3.03. The molecule has 0 fully saturated rings. The van der Waals surface area contributed by atoms with Gasteiger partial charge in [0.15, 0.2) is 0 Å². The largest absolute Gasteiger partial charge is 0.450 e. The predicted molar refractivity (Wildman–Crippen MR) is 114 cm³/mol. The van der Waals surface area contributed by atoms with Gasteiger partial charge in [0.05, 0.1) is 6.61 Å². The van der Waals surface area contributed by atoms with Crippen molar-refractivity contribution < 1.29 is 14.6 Å². The number of nitrogens with one attached hydrogen (secondary N) is 2. The summed E-state index contributed by atoms with van der Waals surface area (Å²) < 4.78 is 5.22. The number of hydrogen-bond acceptors (Lipinski definition) is 4. The van der Waals surface area contributed by atoms with Crippen molar-refractivity contribution in [2.24, 2.45) is 0 Å². The monoisotopic (exact) mass is 386 g/mol. The lowest BCUT2D eigenvalue weighted by Crippen LogP contribution is -2.25. The second kappa shape index (κ2) is 23.2. The van der Waals surface area contributed by atoms with Gasteiger partial charge in [-0.25, -0.2) is 4.79 Å². The zero-order valence-corrected chi connectivity index (χ0v) is 17.9. The van der Waals surface area contributed by atoms with Crippen LogP contribution >= 0.6 is 0 Å². The van der Waals surface area contributed by atoms with Crippen molar-refractivity contribution in [3.05, 3.63) is 0 Å². The second-order valence-electron chi connectivity index (χ2n) is 7.49. The zero-order valence-electron chi connectivity index (χ0n) is 17.9. The van der Waals surface area contributed by atoms with Crippen molar-refractivity contribution >= 4 is 6.09 Å². The molecule has 0 aliphatic carbocycles. The molecule has 0 saturated heterocycles. The Hall–Kier alpha value is -0.810. The van der Waals surface area contributed by atoms with Crippen LogP contribution in [0.5, 0.6) is 0 Å². The topological polar surface area (TPSA) is 70.6 Å². The van der Waals surface area contributed by atoms with Gasteiger partial charge in [-0.1, -0.05) is 71.1 Å². The third-order valence-corrected chi connectivity index (χ3v) is 4.79. The number of ether oxygens (including phenoxy) is 1. The van der Waals surface area contributed by atoms with E-state index in [0.29, 0.717) is 13.2 Å². The Bertz CT molecular complexity index is 301. The van der Waals surface area contributed by atoms with Crippen LogP contribution in [-0.2, 0) is 4.74 Å². The first-order chi connectivity index (χ1) is 13.3. The molecule has 27 heavy (non-hydrogen) atoms. The van der Waals surface area contributed by atoms with Crippen LogP contribution in [-0.4, -0.2) is 44.0 Å². The molecule has 3 N–H and O–H groups in total. The number of unbranched alkanes of at least 4 members (excludes halogenated alkanes) is 12. The molecule has 0 rings (SSSR count). The Kier molecular flexibility index (Phi) is 22.5. The van der Waals surface area contributed by atoms with Gasteiger partial charge in [-0.2, -0.15) is 0 Å². The van der Waals surface area contributed by atoms with Crippen LogP contribution in [0.4, 0.5) is 4.79 Å². The van der Waals surface area contributed by atoms with Gasteiger partial charge in [-0.3, -0.25) is 0 Å². The molecule has 0 radical (unpaired) electrons. The van der Waals surface area contributed by atoms with Gasteiger partial charge in [-0.15, -0.1) is 0 Å². The molecule has 5 heteroatoms. The number of aliphatic hydroxyl groups excluding tert-OH is 1. The highest BCUT2D eigenvalue weighted by atomic mass is 16.5. The van der Waals surface area contributed by atoms with E-state index in [0.717, 1.165) is 51.6 Å². The molecule has 0 aliphatic rings. The Labute approximate surface area is 168 Å². The summed E-state index contributed by atoms with van der Waals surface area (Å²) in [6.07, 6.45) is 17.6. The molecule has 0 atom stereocenters. The van der Waals surface area contributed by atoms with E-state index in [2.05, 4.69) is 17.6 Å². The highest BCUT2D eigenvalue weighted by molar-refractivity contribution is 5.66. The van der Waals surface area contributed by atoms with Gasteiger partial charge in [0.1, 0.15) is 0 Å². The van der Waals surface area contributed by atoms with E-state index in [9.17, 15) is 4.79 Å². The molecule has 0 heterocycles. The Morgan fingerprint density at radius 2 is 1.22 bits per heavy atom. The number of aliphatic hydroxyl groups is 1. The molecule has 0 spiro atoms. The van der Waals surface area contributed by atoms with Crippen molar-refractivity contribution in [3.63, 3.8) is 0 Å². The highest BCUT2D eigenvalue weighted by Gasteiger charge is 2.00. The first kappa shape index (κ1) is 26.2. The van der Waals surface area contributed by atoms with E-state index in [1.54, 1.807) is 0 Å². The van der Waals surface area contributed by atoms with Crippen LogP contribution in [0.15, 0.2) is 0 Å². The van der Waals surface area contributed by atoms with Crippen molar-refractivity contribution in [3.8, 4) is 0 Å². The van der Waals surface area contributed by atoms with Gasteiger partial charge in [0, 0.05) is 13.2 Å². The summed E-state index contributed by atoms with van der Waals surface area (Å²) in [5.74, 6) is 0. The maximum absolute atomic E-state index is 11.6. The van der Waals surface area contributed by atoms with E-state index in [4.69, 9.17) is 9.84 Å². The number of hydrogen-bond donors (Lipinski definition) is 3. The molecule has 0 aliphatic heterocycles. The summed E-state index contributed by atoms with van der Waals surface area (Å²) in [5.41, 5.74) is 0. The van der Waals surface area contributed by atoms with Crippen molar-refractivity contribution in [2.45, 2.75) is 103 Å². The maximum Gasteiger partial charge on any atom is 0.407 e. The molecule has 0 aromatic carbocycles. The van der Waals surface area contributed by atoms with Gasteiger partial charge in [-0.05, 0) is 45.2 Å². The summed E-state index contributed by atoms with van der Waals surface area (Å²) in [6.45, 7) is 5.83. The fourth-order valence-corrected chi connectivity index (χ4v) is 3.03. The minimum atomic E-state index is -0.264. The summed E-state index contributed by atoms with van der Waals surface area (Å²) >= 11 is 0. The molecule has 5 nitrogen and oxygen atoms in total. The highest BCUT2D eigenvalue weighted by Crippen LogP contribution is 2.09. The average Bonchev–Trinajstić information content (AvgIpc) is 2.67. The number of carbonyl (C=O) groups excluding carboxylic acids is 1. The number of alkyl carbamates (subject to hydrolysis) is 1. The molecule has 0 saturated carbocycles. The van der Waals surface area contributed by atoms with E-state index in [-0.39, 0.29) is 12.7 Å². The summed E-state index contributed by atoms with van der Waals surface area (Å²) in [4.78, 5) is 11.6. The molecule has 0 aromatic heterocycles. The quantitative estimate of drug-likeness (QED) is 0.238. The van der Waals surface area contributed by atoms with E-state index in [1.165, 1.54) is 57.8 Å². The van der Waals surface area contributed by atoms with Crippen LogP contribution in [0.25, 0.3) is 0 Å². The molecule has 0 bridgehead atoms. The van der Waals surface area contributed by atoms with Crippen LogP contribution in [0, 0.1) is 0 Å². The molecule has 0 unspecified atom stereocenters. The van der Waals surface area contributed by atoms with E-state index < -0.39 is 0 Å². The van der Waals surface area contributed by atoms with Gasteiger partial charge < -0.3 is 20.5 Å². The van der Waals surface area contributed by atoms with Crippen LogP contribution in [0.3, 0.4) is 0 Å².